The first-order valence-corrected chi connectivity index (χ1v) is 10.2. The minimum absolute atomic E-state index is 0.0476. The highest BCUT2D eigenvalue weighted by Gasteiger charge is 2.66. The molecule has 30 heavy (non-hydrogen) atoms. The summed E-state index contributed by atoms with van der Waals surface area (Å²) in [6, 6.07) is 11.4. The van der Waals surface area contributed by atoms with E-state index in [0.717, 1.165) is 17.1 Å². The van der Waals surface area contributed by atoms with Crippen LogP contribution < -0.4 is 10.1 Å². The van der Waals surface area contributed by atoms with Gasteiger partial charge in [0.15, 0.2) is 0 Å². The maximum absolute atomic E-state index is 13.1. The highest BCUT2D eigenvalue weighted by atomic mass is 16.5. The van der Waals surface area contributed by atoms with Crippen LogP contribution in [0.5, 0.6) is 5.75 Å². The summed E-state index contributed by atoms with van der Waals surface area (Å²) in [6.45, 7) is 1.33. The van der Waals surface area contributed by atoms with Crippen molar-refractivity contribution < 1.29 is 23.5 Å². The van der Waals surface area contributed by atoms with Gasteiger partial charge >= 0.3 is 0 Å². The summed E-state index contributed by atoms with van der Waals surface area (Å²) < 4.78 is 16.7. The first-order chi connectivity index (χ1) is 14.6. The molecule has 3 aliphatic heterocycles. The van der Waals surface area contributed by atoms with Crippen LogP contribution in [-0.4, -0.2) is 48.6 Å². The van der Waals surface area contributed by atoms with Gasteiger partial charge in [-0.1, -0.05) is 24.3 Å². The number of methoxy groups -OCH3 is 1. The Morgan fingerprint density at radius 2 is 2.13 bits per heavy atom. The van der Waals surface area contributed by atoms with Gasteiger partial charge in [-0.05, 0) is 36.2 Å². The molecule has 7 heteroatoms. The van der Waals surface area contributed by atoms with Crippen molar-refractivity contribution in [2.75, 3.05) is 20.2 Å². The van der Waals surface area contributed by atoms with Gasteiger partial charge in [-0.25, -0.2) is 0 Å². The zero-order valence-corrected chi connectivity index (χ0v) is 16.7. The molecule has 3 aliphatic rings. The van der Waals surface area contributed by atoms with Crippen molar-refractivity contribution in [1.29, 1.82) is 0 Å². The Bertz CT molecular complexity index is 968. The Kier molecular flexibility index (Phi) is 4.62. The molecule has 1 aromatic heterocycles. The fourth-order valence-corrected chi connectivity index (χ4v) is 4.84. The van der Waals surface area contributed by atoms with Gasteiger partial charge in [0, 0.05) is 6.54 Å². The number of carbonyl (C=O) groups is 2. The predicted octanol–water partition coefficient (Wildman–Crippen LogP) is 1.93. The summed E-state index contributed by atoms with van der Waals surface area (Å²) in [6.07, 6.45) is 5.84. The molecule has 7 nitrogen and oxygen atoms in total. The second-order valence-electron chi connectivity index (χ2n) is 8.06. The molecule has 2 saturated heterocycles. The van der Waals surface area contributed by atoms with E-state index in [9.17, 15) is 9.59 Å². The van der Waals surface area contributed by atoms with E-state index < -0.39 is 17.4 Å². The number of furan rings is 1. The van der Waals surface area contributed by atoms with Gasteiger partial charge in [0.05, 0.1) is 44.4 Å². The normalized spacial score (nSPS) is 28.8. The van der Waals surface area contributed by atoms with E-state index in [-0.39, 0.29) is 17.9 Å². The third-order valence-electron chi connectivity index (χ3n) is 6.28. The number of nitrogens with zero attached hydrogens (tertiary/aromatic N) is 1. The van der Waals surface area contributed by atoms with Crippen molar-refractivity contribution in [2.45, 2.75) is 24.7 Å². The Morgan fingerprint density at radius 3 is 2.87 bits per heavy atom. The molecule has 2 amide bonds. The zero-order chi connectivity index (χ0) is 20.7. The van der Waals surface area contributed by atoms with Crippen LogP contribution in [0.1, 0.15) is 11.3 Å². The molecular formula is C23H24N2O5. The number of fused-ring (bicyclic) bond motifs is 1. The number of likely N-dealkylation sites (tertiary alicyclic amines) is 1. The largest absolute Gasteiger partial charge is 0.497 e. The highest BCUT2D eigenvalue weighted by molar-refractivity contribution is 5.93. The van der Waals surface area contributed by atoms with Crippen LogP contribution in [0.4, 0.5) is 0 Å². The fourth-order valence-electron chi connectivity index (χ4n) is 4.84. The maximum atomic E-state index is 13.1. The number of nitrogens with one attached hydrogen (secondary N) is 1. The summed E-state index contributed by atoms with van der Waals surface area (Å²) in [5, 5.41) is 3.00. The first-order valence-electron chi connectivity index (χ1n) is 10.2. The maximum Gasteiger partial charge on any atom is 0.230 e. The SMILES string of the molecule is COc1ccc(CCNC(=O)[C@H]2[C@@H]3C=C[C@]4(CN(Cc5ccco5)C(=O)[C@@H]24)O3)cc1. The third-order valence-corrected chi connectivity index (χ3v) is 6.28. The molecule has 0 radical (unpaired) electrons. The molecule has 0 aliphatic carbocycles. The van der Waals surface area contributed by atoms with Crippen LogP contribution in [0, 0.1) is 11.8 Å². The van der Waals surface area contributed by atoms with Crippen LogP contribution >= 0.6 is 0 Å². The van der Waals surface area contributed by atoms with Crippen LogP contribution in [0.2, 0.25) is 0 Å². The van der Waals surface area contributed by atoms with Crippen molar-refractivity contribution in [2.24, 2.45) is 11.8 Å². The molecule has 0 unspecified atom stereocenters. The van der Waals surface area contributed by atoms with Crippen LogP contribution in [-0.2, 0) is 27.3 Å². The van der Waals surface area contributed by atoms with E-state index in [1.54, 1.807) is 24.3 Å². The van der Waals surface area contributed by atoms with E-state index in [1.807, 2.05) is 42.5 Å². The molecule has 2 aromatic rings. The minimum Gasteiger partial charge on any atom is -0.497 e. The van der Waals surface area contributed by atoms with Gasteiger partial charge in [0.2, 0.25) is 11.8 Å². The van der Waals surface area contributed by atoms with Crippen LogP contribution in [0.25, 0.3) is 0 Å². The standard InChI is InChI=1S/C23H24N2O5/c1-28-16-6-4-15(5-7-16)9-11-24-21(26)19-18-8-10-23(30-18)14-25(22(27)20(19)23)13-17-3-2-12-29-17/h2-8,10,12,18-20H,9,11,13-14H2,1H3,(H,24,26)/t18-,19-,20+,23+/m0/s1. The molecule has 0 saturated carbocycles. The summed E-state index contributed by atoms with van der Waals surface area (Å²) in [5.41, 5.74) is 0.407. The quantitative estimate of drug-likeness (QED) is 0.708. The van der Waals surface area contributed by atoms with Gasteiger partial charge in [-0.3, -0.25) is 9.59 Å². The van der Waals surface area contributed by atoms with Gasteiger partial charge in [0.1, 0.15) is 17.1 Å². The highest BCUT2D eigenvalue weighted by Crippen LogP contribution is 2.52. The van der Waals surface area contributed by atoms with Crippen molar-refractivity contribution in [3.05, 3.63) is 66.1 Å². The summed E-state index contributed by atoms with van der Waals surface area (Å²) in [4.78, 5) is 27.9. The minimum atomic E-state index is -0.702. The Hall–Kier alpha value is -3.06. The van der Waals surface area contributed by atoms with Gasteiger partial charge in [-0.2, -0.15) is 0 Å². The molecule has 4 atom stereocenters. The van der Waals surface area contributed by atoms with Crippen molar-refractivity contribution in [1.82, 2.24) is 10.2 Å². The van der Waals surface area contributed by atoms with E-state index in [0.29, 0.717) is 26.1 Å². The van der Waals surface area contributed by atoms with Crippen molar-refractivity contribution >= 4 is 11.8 Å². The summed E-state index contributed by atoms with van der Waals surface area (Å²) in [7, 11) is 1.63. The smallest absolute Gasteiger partial charge is 0.230 e. The van der Waals surface area contributed by atoms with Crippen molar-refractivity contribution in [3.63, 3.8) is 0 Å². The summed E-state index contributed by atoms with van der Waals surface area (Å²) >= 11 is 0. The molecule has 1 spiro atoms. The number of amides is 2. The lowest BCUT2D eigenvalue weighted by atomic mass is 9.77. The first kappa shape index (κ1) is 18.9. The number of hydrogen-bond acceptors (Lipinski definition) is 5. The van der Waals surface area contributed by atoms with E-state index >= 15 is 0 Å². The van der Waals surface area contributed by atoms with E-state index in [1.165, 1.54) is 0 Å². The number of hydrogen-bond donors (Lipinski definition) is 1. The molecule has 2 bridgehead atoms. The lowest BCUT2D eigenvalue weighted by molar-refractivity contribution is -0.138. The average Bonchev–Trinajstić information content (AvgIpc) is 3.52. The Labute approximate surface area is 174 Å². The molecular weight excluding hydrogens is 384 g/mol. The topological polar surface area (TPSA) is 81.0 Å². The zero-order valence-electron chi connectivity index (χ0n) is 16.7. The van der Waals surface area contributed by atoms with Crippen molar-refractivity contribution in [3.8, 4) is 5.75 Å². The van der Waals surface area contributed by atoms with E-state index in [2.05, 4.69) is 5.32 Å². The molecule has 5 rings (SSSR count). The number of rotatable bonds is 7. The monoisotopic (exact) mass is 408 g/mol. The third kappa shape index (κ3) is 3.10. The Balaban J connectivity index is 1.24. The van der Waals surface area contributed by atoms with Crippen LogP contribution in [0.15, 0.2) is 59.2 Å². The molecule has 156 valence electrons. The average molecular weight is 408 g/mol. The number of carbonyl (C=O) groups excluding carboxylic acids is 2. The predicted molar refractivity (Wildman–Crippen MR) is 108 cm³/mol. The second kappa shape index (κ2) is 7.32. The molecule has 1 aromatic carbocycles. The Morgan fingerprint density at radius 1 is 1.30 bits per heavy atom. The second-order valence-corrected chi connectivity index (χ2v) is 8.06. The number of benzene rings is 1. The molecule has 1 N–H and O–H groups in total. The van der Waals surface area contributed by atoms with Gasteiger partial charge in [-0.15, -0.1) is 0 Å². The molecule has 4 heterocycles. The lowest BCUT2D eigenvalue weighted by Crippen LogP contribution is -2.44. The van der Waals surface area contributed by atoms with E-state index in [4.69, 9.17) is 13.9 Å². The van der Waals surface area contributed by atoms with Crippen LogP contribution in [0.3, 0.4) is 0 Å². The molecule has 2 fully saturated rings. The van der Waals surface area contributed by atoms with Gasteiger partial charge < -0.3 is 24.1 Å². The van der Waals surface area contributed by atoms with Gasteiger partial charge in [0.25, 0.3) is 0 Å². The number of ether oxygens (including phenoxy) is 2. The summed E-state index contributed by atoms with van der Waals surface area (Å²) in [5.74, 6) is 0.367. The lowest BCUT2D eigenvalue weighted by Gasteiger charge is -2.23. The fraction of sp³-hybridized carbons (Fsp3) is 0.391.